The summed E-state index contributed by atoms with van der Waals surface area (Å²) in [5, 5.41) is 0. The summed E-state index contributed by atoms with van der Waals surface area (Å²) in [6.45, 7) is 4.12. The van der Waals surface area contributed by atoms with Crippen molar-refractivity contribution >= 4 is 0 Å². The number of piperidine rings is 1. The van der Waals surface area contributed by atoms with Crippen molar-refractivity contribution in [2.24, 2.45) is 0 Å². The highest BCUT2D eigenvalue weighted by Gasteiger charge is 2.24. The van der Waals surface area contributed by atoms with Crippen molar-refractivity contribution in [3.8, 4) is 11.5 Å². The smallest absolute Gasteiger partial charge is 0.165 e. The van der Waals surface area contributed by atoms with Gasteiger partial charge in [-0.1, -0.05) is 42.5 Å². The van der Waals surface area contributed by atoms with Crippen LogP contribution < -0.4 is 9.47 Å². The molecule has 0 saturated carbocycles. The van der Waals surface area contributed by atoms with Crippen molar-refractivity contribution in [3.05, 3.63) is 59.7 Å². The molecule has 1 aliphatic heterocycles. The minimum Gasteiger partial charge on any atom is -0.493 e. The molecule has 4 heteroatoms. The first-order valence-electron chi connectivity index (χ1n) is 9.37. The van der Waals surface area contributed by atoms with E-state index in [4.69, 9.17) is 9.47 Å². The van der Waals surface area contributed by atoms with Crippen molar-refractivity contribution in [1.29, 1.82) is 0 Å². The van der Waals surface area contributed by atoms with Gasteiger partial charge in [0.2, 0.25) is 0 Å². The number of hydrogen-bond donors (Lipinski definition) is 0. The Hall–Kier alpha value is -2.04. The molecule has 0 N–H and O–H groups in total. The van der Waals surface area contributed by atoms with Gasteiger partial charge in [0.15, 0.2) is 11.5 Å². The van der Waals surface area contributed by atoms with Crippen LogP contribution in [0.4, 0.5) is 0 Å². The Morgan fingerprint density at radius 1 is 1.04 bits per heavy atom. The summed E-state index contributed by atoms with van der Waals surface area (Å²) in [6, 6.07) is 17.4. The Balaban J connectivity index is 1.64. The van der Waals surface area contributed by atoms with E-state index >= 15 is 0 Å². The summed E-state index contributed by atoms with van der Waals surface area (Å²) in [7, 11) is 5.65. The van der Waals surface area contributed by atoms with E-state index in [1.165, 1.54) is 24.0 Å². The fourth-order valence-electron chi connectivity index (χ4n) is 3.85. The van der Waals surface area contributed by atoms with Crippen molar-refractivity contribution in [1.82, 2.24) is 9.80 Å². The Bertz CT molecular complexity index is 690. The maximum Gasteiger partial charge on any atom is 0.165 e. The van der Waals surface area contributed by atoms with E-state index in [0.717, 1.165) is 37.7 Å². The third kappa shape index (κ3) is 4.57. The van der Waals surface area contributed by atoms with Gasteiger partial charge in [0.05, 0.1) is 14.2 Å². The zero-order valence-electron chi connectivity index (χ0n) is 16.1. The van der Waals surface area contributed by atoms with E-state index in [9.17, 15) is 0 Å². The highest BCUT2D eigenvalue weighted by molar-refractivity contribution is 5.46. The van der Waals surface area contributed by atoms with Crippen LogP contribution in [0.1, 0.15) is 24.0 Å². The Morgan fingerprint density at radius 3 is 2.58 bits per heavy atom. The molecule has 1 atom stereocenters. The second kappa shape index (κ2) is 9.06. The molecule has 2 aromatic rings. The summed E-state index contributed by atoms with van der Waals surface area (Å²) < 4.78 is 11.0. The normalized spacial score (nSPS) is 18.1. The molecule has 1 heterocycles. The van der Waals surface area contributed by atoms with E-state index in [-0.39, 0.29) is 0 Å². The third-order valence-electron chi connectivity index (χ3n) is 5.26. The number of rotatable bonds is 7. The molecule has 140 valence electrons. The van der Waals surface area contributed by atoms with Gasteiger partial charge in [-0.15, -0.1) is 0 Å². The number of hydrogen-bond acceptors (Lipinski definition) is 4. The van der Waals surface area contributed by atoms with Crippen LogP contribution in [0.2, 0.25) is 0 Å². The number of nitrogens with zero attached hydrogens (tertiary/aromatic N) is 2. The SMILES string of the molecule is COc1cccc(CN2CCCC(N(C)Cc3ccccc3)C2)c1OC. The van der Waals surface area contributed by atoms with Crippen LogP contribution in [-0.2, 0) is 13.1 Å². The third-order valence-corrected chi connectivity index (χ3v) is 5.26. The number of methoxy groups -OCH3 is 2. The summed E-state index contributed by atoms with van der Waals surface area (Å²) in [5.74, 6) is 1.66. The van der Waals surface area contributed by atoms with Crippen molar-refractivity contribution in [2.75, 3.05) is 34.4 Å². The van der Waals surface area contributed by atoms with Gasteiger partial charge < -0.3 is 9.47 Å². The van der Waals surface area contributed by atoms with Crippen LogP contribution in [0, 0.1) is 0 Å². The van der Waals surface area contributed by atoms with Crippen LogP contribution in [0.5, 0.6) is 11.5 Å². The molecule has 0 aliphatic carbocycles. The lowest BCUT2D eigenvalue weighted by atomic mass is 10.0. The standard InChI is InChI=1S/C22H30N2O2/c1-23(15-18-9-5-4-6-10-18)20-12-8-14-24(17-20)16-19-11-7-13-21(25-2)22(19)26-3/h4-7,9-11,13,20H,8,12,14-17H2,1-3H3. The summed E-state index contributed by atoms with van der Waals surface area (Å²) in [5.41, 5.74) is 2.57. The van der Waals surface area contributed by atoms with Crippen LogP contribution in [0.25, 0.3) is 0 Å². The van der Waals surface area contributed by atoms with Crippen molar-refractivity contribution in [2.45, 2.75) is 32.0 Å². The molecule has 0 amide bonds. The van der Waals surface area contributed by atoms with Crippen LogP contribution in [0.15, 0.2) is 48.5 Å². The lowest BCUT2D eigenvalue weighted by molar-refractivity contribution is 0.106. The molecule has 1 fully saturated rings. The average molecular weight is 354 g/mol. The zero-order valence-corrected chi connectivity index (χ0v) is 16.1. The van der Waals surface area contributed by atoms with E-state index < -0.39 is 0 Å². The Kier molecular flexibility index (Phi) is 6.53. The summed E-state index contributed by atoms with van der Waals surface area (Å²) in [6.07, 6.45) is 2.49. The fourth-order valence-corrected chi connectivity index (χ4v) is 3.85. The average Bonchev–Trinajstić information content (AvgIpc) is 2.68. The zero-order chi connectivity index (χ0) is 18.4. The lowest BCUT2D eigenvalue weighted by Gasteiger charge is -2.38. The molecular weight excluding hydrogens is 324 g/mol. The molecule has 1 saturated heterocycles. The highest BCUT2D eigenvalue weighted by atomic mass is 16.5. The molecule has 1 unspecified atom stereocenters. The van der Waals surface area contributed by atoms with E-state index in [0.29, 0.717) is 6.04 Å². The van der Waals surface area contributed by atoms with Gasteiger partial charge in [-0.3, -0.25) is 9.80 Å². The topological polar surface area (TPSA) is 24.9 Å². The summed E-state index contributed by atoms with van der Waals surface area (Å²) >= 11 is 0. The number of likely N-dealkylation sites (tertiary alicyclic amines) is 1. The molecule has 0 spiro atoms. The molecule has 3 rings (SSSR count). The van der Waals surface area contributed by atoms with Gasteiger partial charge in [0.1, 0.15) is 0 Å². The maximum absolute atomic E-state index is 5.60. The van der Waals surface area contributed by atoms with Crippen LogP contribution >= 0.6 is 0 Å². The lowest BCUT2D eigenvalue weighted by Crippen LogP contribution is -2.45. The quantitative estimate of drug-likeness (QED) is 0.755. The van der Waals surface area contributed by atoms with Crippen molar-refractivity contribution < 1.29 is 9.47 Å². The first kappa shape index (κ1) is 18.7. The van der Waals surface area contributed by atoms with Crippen LogP contribution in [0.3, 0.4) is 0 Å². The largest absolute Gasteiger partial charge is 0.493 e. The van der Waals surface area contributed by atoms with Gasteiger partial charge in [-0.2, -0.15) is 0 Å². The minimum atomic E-state index is 0.584. The number of benzene rings is 2. The molecular formula is C22H30N2O2. The predicted octanol–water partition coefficient (Wildman–Crippen LogP) is 3.80. The molecule has 26 heavy (non-hydrogen) atoms. The van der Waals surface area contributed by atoms with Gasteiger partial charge >= 0.3 is 0 Å². The molecule has 0 aromatic heterocycles. The van der Waals surface area contributed by atoms with Crippen LogP contribution in [-0.4, -0.2) is 50.2 Å². The first-order chi connectivity index (χ1) is 12.7. The molecule has 4 nitrogen and oxygen atoms in total. The maximum atomic E-state index is 5.60. The Labute approximate surface area is 157 Å². The van der Waals surface area contributed by atoms with Crippen molar-refractivity contribution in [3.63, 3.8) is 0 Å². The number of likely N-dealkylation sites (N-methyl/N-ethyl adjacent to an activating group) is 1. The van der Waals surface area contributed by atoms with Gasteiger partial charge in [-0.05, 0) is 38.1 Å². The highest BCUT2D eigenvalue weighted by Crippen LogP contribution is 2.32. The molecule has 1 aliphatic rings. The summed E-state index contributed by atoms with van der Waals surface area (Å²) in [4.78, 5) is 5.03. The predicted molar refractivity (Wildman–Crippen MR) is 106 cm³/mol. The minimum absolute atomic E-state index is 0.584. The Morgan fingerprint density at radius 2 is 1.85 bits per heavy atom. The second-order valence-corrected chi connectivity index (χ2v) is 7.08. The monoisotopic (exact) mass is 354 g/mol. The van der Waals surface area contributed by atoms with E-state index in [2.05, 4.69) is 53.2 Å². The van der Waals surface area contributed by atoms with Gasteiger partial charge in [0, 0.05) is 31.2 Å². The first-order valence-corrected chi connectivity index (χ1v) is 9.37. The number of para-hydroxylation sites is 1. The number of ether oxygens (including phenoxy) is 2. The second-order valence-electron chi connectivity index (χ2n) is 7.08. The van der Waals surface area contributed by atoms with E-state index in [1.807, 2.05) is 12.1 Å². The van der Waals surface area contributed by atoms with Gasteiger partial charge in [-0.25, -0.2) is 0 Å². The van der Waals surface area contributed by atoms with Gasteiger partial charge in [0.25, 0.3) is 0 Å². The molecule has 0 radical (unpaired) electrons. The molecule has 2 aromatic carbocycles. The molecule has 0 bridgehead atoms. The fraction of sp³-hybridized carbons (Fsp3) is 0.455. The van der Waals surface area contributed by atoms with E-state index in [1.54, 1.807) is 14.2 Å².